The Morgan fingerprint density at radius 3 is 3.06 bits per heavy atom. The van der Waals surface area contributed by atoms with Crippen molar-refractivity contribution in [2.24, 2.45) is 0 Å². The van der Waals surface area contributed by atoms with Crippen molar-refractivity contribution in [1.29, 1.82) is 0 Å². The van der Waals surface area contributed by atoms with Gasteiger partial charge in [-0.05, 0) is 19.3 Å². The molecule has 1 fully saturated rings. The van der Waals surface area contributed by atoms with E-state index >= 15 is 0 Å². The fourth-order valence-corrected chi connectivity index (χ4v) is 4.88. The third-order valence-corrected chi connectivity index (χ3v) is 5.84. The number of H-pyrrole nitrogens is 1. The fraction of sp³-hybridized carbons (Fsp3) is 0.636. The number of aryl methyl sites for hydroxylation is 1. The molecule has 0 saturated carbocycles. The van der Waals surface area contributed by atoms with Gasteiger partial charge in [0.1, 0.15) is 5.82 Å². The molecule has 3 nitrogen and oxygen atoms in total. The van der Waals surface area contributed by atoms with Gasteiger partial charge in [-0.2, -0.15) is 11.8 Å². The maximum atomic E-state index is 11.9. The van der Waals surface area contributed by atoms with E-state index < -0.39 is 0 Å². The second-order valence-corrected chi connectivity index (χ2v) is 6.62. The summed E-state index contributed by atoms with van der Waals surface area (Å²) in [7, 11) is 0. The van der Waals surface area contributed by atoms with E-state index in [-0.39, 0.29) is 5.56 Å². The zero-order chi connectivity index (χ0) is 11.0. The maximum Gasteiger partial charge on any atom is 0.254 e. The minimum absolute atomic E-state index is 0.105. The van der Waals surface area contributed by atoms with Crippen LogP contribution < -0.4 is 5.56 Å². The first-order valence-corrected chi connectivity index (χ1v) is 7.86. The molecule has 3 rings (SSSR count). The lowest BCUT2D eigenvalue weighted by Crippen LogP contribution is -2.20. The zero-order valence-corrected chi connectivity index (χ0v) is 10.6. The number of fused-ring (bicyclic) bond motifs is 1. The zero-order valence-electron chi connectivity index (χ0n) is 8.99. The summed E-state index contributed by atoms with van der Waals surface area (Å²) in [5.41, 5.74) is 2.08. The summed E-state index contributed by atoms with van der Waals surface area (Å²) in [6.07, 6.45) is 2.97. The molecule has 1 aliphatic carbocycles. The van der Waals surface area contributed by atoms with Crippen LogP contribution in [-0.2, 0) is 12.8 Å². The van der Waals surface area contributed by atoms with Crippen molar-refractivity contribution in [2.75, 3.05) is 17.3 Å². The third kappa shape index (κ3) is 1.91. The number of aromatic nitrogens is 2. The van der Waals surface area contributed by atoms with Crippen LogP contribution in [-0.4, -0.2) is 27.2 Å². The lowest BCUT2D eigenvalue weighted by molar-refractivity contribution is 0.863. The molecule has 1 aromatic rings. The summed E-state index contributed by atoms with van der Waals surface area (Å²) >= 11 is 3.87. The SMILES string of the molecule is O=c1[nH]c(C2CSCCS2)nc2c1CCC2. The predicted octanol–water partition coefficient (Wildman–Crippen LogP) is 1.78. The lowest BCUT2D eigenvalue weighted by atomic mass is 10.2. The van der Waals surface area contributed by atoms with Crippen molar-refractivity contribution in [2.45, 2.75) is 24.5 Å². The second kappa shape index (κ2) is 4.45. The van der Waals surface area contributed by atoms with Crippen LogP contribution in [0.25, 0.3) is 0 Å². The molecule has 2 heterocycles. The molecule has 1 N–H and O–H groups in total. The molecule has 0 amide bonds. The Labute approximate surface area is 103 Å². The van der Waals surface area contributed by atoms with E-state index in [4.69, 9.17) is 0 Å². The smallest absolute Gasteiger partial charge is 0.254 e. The minimum atomic E-state index is 0.105. The monoisotopic (exact) mass is 254 g/mol. The largest absolute Gasteiger partial charge is 0.309 e. The highest BCUT2D eigenvalue weighted by Crippen LogP contribution is 2.35. The number of hydrogen-bond donors (Lipinski definition) is 1. The quantitative estimate of drug-likeness (QED) is 0.830. The normalized spacial score (nSPS) is 24.4. The van der Waals surface area contributed by atoms with E-state index in [2.05, 4.69) is 9.97 Å². The van der Waals surface area contributed by atoms with Crippen molar-refractivity contribution in [3.63, 3.8) is 0 Å². The fourth-order valence-electron chi connectivity index (χ4n) is 2.26. The summed E-state index contributed by atoms with van der Waals surface area (Å²) in [4.78, 5) is 19.5. The van der Waals surface area contributed by atoms with Crippen LogP contribution in [0.5, 0.6) is 0 Å². The van der Waals surface area contributed by atoms with Crippen LogP contribution in [0.3, 0.4) is 0 Å². The Kier molecular flexibility index (Phi) is 2.98. The average Bonchev–Trinajstić information content (AvgIpc) is 2.79. The molecule has 0 radical (unpaired) electrons. The highest BCUT2D eigenvalue weighted by molar-refractivity contribution is 8.06. The molecular weight excluding hydrogens is 240 g/mol. The van der Waals surface area contributed by atoms with E-state index in [0.717, 1.165) is 47.8 Å². The van der Waals surface area contributed by atoms with Gasteiger partial charge in [0, 0.05) is 22.8 Å². The molecule has 1 aliphatic heterocycles. The Hall–Kier alpha value is -0.420. The van der Waals surface area contributed by atoms with Crippen LogP contribution >= 0.6 is 23.5 Å². The molecule has 1 unspecified atom stereocenters. The molecular formula is C11H14N2OS2. The van der Waals surface area contributed by atoms with Crippen LogP contribution in [0.15, 0.2) is 4.79 Å². The lowest BCUT2D eigenvalue weighted by Gasteiger charge is -2.20. The van der Waals surface area contributed by atoms with E-state index in [0.29, 0.717) is 5.25 Å². The average molecular weight is 254 g/mol. The summed E-state index contributed by atoms with van der Waals surface area (Å²) in [6.45, 7) is 0. The van der Waals surface area contributed by atoms with Crippen molar-refractivity contribution in [1.82, 2.24) is 9.97 Å². The summed E-state index contributed by atoms with van der Waals surface area (Å²) in [6, 6.07) is 0. The summed E-state index contributed by atoms with van der Waals surface area (Å²) in [5, 5.41) is 0.386. The van der Waals surface area contributed by atoms with Crippen LogP contribution in [0.1, 0.15) is 28.8 Å². The third-order valence-electron chi connectivity index (χ3n) is 3.08. The Balaban J connectivity index is 1.96. The highest BCUT2D eigenvalue weighted by atomic mass is 32.2. The second-order valence-electron chi connectivity index (χ2n) is 4.16. The molecule has 1 aromatic heterocycles. The molecule has 2 aliphatic rings. The van der Waals surface area contributed by atoms with Gasteiger partial charge in [-0.3, -0.25) is 4.79 Å². The van der Waals surface area contributed by atoms with Gasteiger partial charge in [0.05, 0.1) is 10.9 Å². The van der Waals surface area contributed by atoms with E-state index in [1.165, 1.54) is 5.75 Å². The number of aromatic amines is 1. The van der Waals surface area contributed by atoms with Gasteiger partial charge < -0.3 is 4.98 Å². The number of nitrogens with zero attached hydrogens (tertiary/aromatic N) is 1. The molecule has 0 bridgehead atoms. The molecule has 1 atom stereocenters. The maximum absolute atomic E-state index is 11.9. The van der Waals surface area contributed by atoms with Crippen LogP contribution in [0.4, 0.5) is 0 Å². The predicted molar refractivity (Wildman–Crippen MR) is 69.4 cm³/mol. The van der Waals surface area contributed by atoms with Gasteiger partial charge in [0.25, 0.3) is 5.56 Å². The summed E-state index contributed by atoms with van der Waals surface area (Å²) < 4.78 is 0. The molecule has 16 heavy (non-hydrogen) atoms. The van der Waals surface area contributed by atoms with E-state index in [9.17, 15) is 4.79 Å². The van der Waals surface area contributed by atoms with E-state index in [1.807, 2.05) is 23.5 Å². The van der Waals surface area contributed by atoms with Crippen molar-refractivity contribution in [3.8, 4) is 0 Å². The van der Waals surface area contributed by atoms with Crippen LogP contribution in [0.2, 0.25) is 0 Å². The van der Waals surface area contributed by atoms with Gasteiger partial charge in [-0.15, -0.1) is 11.8 Å². The van der Waals surface area contributed by atoms with E-state index in [1.54, 1.807) is 0 Å². The first kappa shape index (κ1) is 10.7. The van der Waals surface area contributed by atoms with Crippen molar-refractivity contribution >= 4 is 23.5 Å². The number of thioether (sulfide) groups is 2. The van der Waals surface area contributed by atoms with Crippen molar-refractivity contribution in [3.05, 3.63) is 27.4 Å². The first-order chi connectivity index (χ1) is 7.84. The van der Waals surface area contributed by atoms with Gasteiger partial charge in [0.2, 0.25) is 0 Å². The van der Waals surface area contributed by atoms with Crippen LogP contribution in [0, 0.1) is 0 Å². The Bertz CT molecular complexity index is 452. The number of hydrogen-bond acceptors (Lipinski definition) is 4. The molecule has 0 aromatic carbocycles. The van der Waals surface area contributed by atoms with Gasteiger partial charge in [-0.1, -0.05) is 0 Å². The Morgan fingerprint density at radius 2 is 2.25 bits per heavy atom. The molecule has 5 heteroatoms. The number of rotatable bonds is 1. The minimum Gasteiger partial charge on any atom is -0.309 e. The molecule has 1 saturated heterocycles. The molecule has 86 valence electrons. The van der Waals surface area contributed by atoms with Gasteiger partial charge >= 0.3 is 0 Å². The van der Waals surface area contributed by atoms with Crippen molar-refractivity contribution < 1.29 is 0 Å². The van der Waals surface area contributed by atoms with Gasteiger partial charge in [-0.25, -0.2) is 4.98 Å². The van der Waals surface area contributed by atoms with Gasteiger partial charge in [0.15, 0.2) is 0 Å². The standard InChI is InChI=1S/C11H14N2OS2/c14-11-7-2-1-3-8(7)12-10(13-11)9-6-15-4-5-16-9/h9H,1-6H2,(H,12,13,14). The number of nitrogens with one attached hydrogen (secondary N) is 1. The summed E-state index contributed by atoms with van der Waals surface area (Å²) in [5.74, 6) is 4.36. The molecule has 0 spiro atoms. The first-order valence-electron chi connectivity index (χ1n) is 5.66. The Morgan fingerprint density at radius 1 is 1.31 bits per heavy atom. The highest BCUT2D eigenvalue weighted by Gasteiger charge is 2.23. The topological polar surface area (TPSA) is 45.8 Å².